The van der Waals surface area contributed by atoms with Crippen LogP contribution in [0.4, 0.5) is 5.69 Å². The molecule has 0 radical (unpaired) electrons. The van der Waals surface area contributed by atoms with Crippen LogP contribution in [0.15, 0.2) is 48.0 Å². The first-order valence-corrected chi connectivity index (χ1v) is 5.80. The van der Waals surface area contributed by atoms with E-state index in [4.69, 9.17) is 17.3 Å². The number of hydrogen-bond donors (Lipinski definition) is 3. The molecule has 6 nitrogen and oxygen atoms in total. The van der Waals surface area contributed by atoms with Crippen molar-refractivity contribution in [3.63, 3.8) is 0 Å². The first kappa shape index (κ1) is 12.9. The number of nitrogens with one attached hydrogen (secondary N) is 2. The second kappa shape index (κ2) is 6.41. The zero-order valence-electron chi connectivity index (χ0n) is 9.82. The number of nitrogens with zero attached hydrogens (tertiary/aromatic N) is 3. The summed E-state index contributed by atoms with van der Waals surface area (Å²) in [6, 6.07) is 6.81. The molecule has 2 aromatic heterocycles. The lowest BCUT2D eigenvalue weighted by molar-refractivity contribution is 0.472. The van der Waals surface area contributed by atoms with Crippen molar-refractivity contribution in [3.8, 4) is 5.75 Å². The minimum atomic E-state index is 0.110. The van der Waals surface area contributed by atoms with E-state index in [0.717, 1.165) is 5.69 Å². The van der Waals surface area contributed by atoms with Crippen LogP contribution in [0.2, 0.25) is 0 Å². The van der Waals surface area contributed by atoms with Crippen LogP contribution in [0.3, 0.4) is 0 Å². The van der Waals surface area contributed by atoms with Crippen LogP contribution in [-0.2, 0) is 0 Å². The van der Waals surface area contributed by atoms with Crippen molar-refractivity contribution in [2.75, 3.05) is 5.32 Å². The zero-order chi connectivity index (χ0) is 13.5. The van der Waals surface area contributed by atoms with Gasteiger partial charge in [0.15, 0.2) is 5.11 Å². The van der Waals surface area contributed by atoms with Gasteiger partial charge in [-0.15, -0.1) is 0 Å². The van der Waals surface area contributed by atoms with Gasteiger partial charge in [0.2, 0.25) is 0 Å². The summed E-state index contributed by atoms with van der Waals surface area (Å²) in [5.41, 5.74) is 4.04. The number of thiocarbonyl (C=S) groups is 1. The standard InChI is InChI=1S/C12H11N5OS/c18-11-4-3-9(14-8-11)7-15-17-12(19)16-10-2-1-5-13-6-10/h1-8,18H,(H2,16,17,19)/b15-7+. The highest BCUT2D eigenvalue weighted by atomic mass is 32.1. The second-order valence-electron chi connectivity index (χ2n) is 3.51. The molecule has 0 fully saturated rings. The first-order chi connectivity index (χ1) is 9.24. The van der Waals surface area contributed by atoms with Gasteiger partial charge in [-0.25, -0.2) is 0 Å². The van der Waals surface area contributed by atoms with E-state index < -0.39 is 0 Å². The Hall–Kier alpha value is -2.54. The van der Waals surface area contributed by atoms with Crippen LogP contribution < -0.4 is 10.7 Å². The molecule has 7 heteroatoms. The van der Waals surface area contributed by atoms with Gasteiger partial charge in [-0.2, -0.15) is 5.10 Å². The van der Waals surface area contributed by atoms with Crippen molar-refractivity contribution in [1.29, 1.82) is 0 Å². The van der Waals surface area contributed by atoms with Crippen molar-refractivity contribution >= 4 is 29.2 Å². The normalized spacial score (nSPS) is 10.3. The second-order valence-corrected chi connectivity index (χ2v) is 3.92. The zero-order valence-corrected chi connectivity index (χ0v) is 10.6. The molecule has 2 rings (SSSR count). The van der Waals surface area contributed by atoms with Gasteiger partial charge in [-0.1, -0.05) is 0 Å². The smallest absolute Gasteiger partial charge is 0.191 e. The number of hydrazone groups is 1. The molecule has 19 heavy (non-hydrogen) atoms. The van der Waals surface area contributed by atoms with Gasteiger partial charge < -0.3 is 10.4 Å². The summed E-state index contributed by atoms with van der Waals surface area (Å²) in [6.07, 6.45) is 6.17. The molecule has 0 saturated heterocycles. The SMILES string of the molecule is Oc1ccc(/C=N/NC(=S)Nc2cccnc2)nc1. The van der Waals surface area contributed by atoms with E-state index in [1.807, 2.05) is 6.07 Å². The molecule has 0 bridgehead atoms. The lowest BCUT2D eigenvalue weighted by Gasteiger charge is -2.05. The van der Waals surface area contributed by atoms with E-state index in [9.17, 15) is 0 Å². The average Bonchev–Trinajstić information content (AvgIpc) is 2.42. The van der Waals surface area contributed by atoms with Gasteiger partial charge in [-0.05, 0) is 36.5 Å². The van der Waals surface area contributed by atoms with E-state index in [1.54, 1.807) is 24.5 Å². The average molecular weight is 273 g/mol. The molecule has 0 saturated carbocycles. The summed E-state index contributed by atoms with van der Waals surface area (Å²) in [4.78, 5) is 7.90. The fourth-order valence-electron chi connectivity index (χ4n) is 1.23. The maximum atomic E-state index is 9.08. The van der Waals surface area contributed by atoms with Gasteiger partial charge >= 0.3 is 0 Å². The van der Waals surface area contributed by atoms with E-state index in [1.165, 1.54) is 18.5 Å². The third-order valence-corrected chi connectivity index (χ3v) is 2.25. The van der Waals surface area contributed by atoms with Crippen LogP contribution in [0, 0.1) is 0 Å². The number of pyridine rings is 2. The molecular formula is C12H11N5OS. The van der Waals surface area contributed by atoms with Crippen LogP contribution in [-0.4, -0.2) is 26.4 Å². The molecule has 2 aromatic rings. The van der Waals surface area contributed by atoms with Crippen LogP contribution >= 0.6 is 12.2 Å². The number of aromatic nitrogens is 2. The van der Waals surface area contributed by atoms with Crippen LogP contribution in [0.25, 0.3) is 0 Å². The summed E-state index contributed by atoms with van der Waals surface area (Å²) in [5.74, 6) is 0.110. The topological polar surface area (TPSA) is 82.4 Å². The Kier molecular flexibility index (Phi) is 4.35. The summed E-state index contributed by atoms with van der Waals surface area (Å²) in [6.45, 7) is 0. The van der Waals surface area contributed by atoms with Crippen molar-refractivity contribution in [3.05, 3.63) is 48.5 Å². The molecule has 0 aliphatic heterocycles. The van der Waals surface area contributed by atoms with E-state index >= 15 is 0 Å². The summed E-state index contributed by atoms with van der Waals surface area (Å²) in [5, 5.41) is 16.3. The summed E-state index contributed by atoms with van der Waals surface area (Å²) < 4.78 is 0. The molecule has 0 spiro atoms. The minimum Gasteiger partial charge on any atom is -0.506 e. The number of anilines is 1. The highest BCUT2D eigenvalue weighted by Gasteiger charge is 1.95. The molecule has 2 heterocycles. The summed E-state index contributed by atoms with van der Waals surface area (Å²) >= 11 is 5.05. The Bertz CT molecular complexity index is 570. The molecule has 96 valence electrons. The Labute approximate surface area is 115 Å². The van der Waals surface area contributed by atoms with Gasteiger partial charge in [0, 0.05) is 6.20 Å². The van der Waals surface area contributed by atoms with Gasteiger partial charge in [-0.3, -0.25) is 15.4 Å². The Morgan fingerprint density at radius 2 is 2.21 bits per heavy atom. The molecule has 0 aromatic carbocycles. The number of aromatic hydroxyl groups is 1. The molecule has 0 aliphatic carbocycles. The van der Waals surface area contributed by atoms with Gasteiger partial charge in [0.1, 0.15) is 5.75 Å². The summed E-state index contributed by atoms with van der Waals surface area (Å²) in [7, 11) is 0. The Morgan fingerprint density at radius 1 is 1.32 bits per heavy atom. The predicted molar refractivity (Wildman–Crippen MR) is 77.1 cm³/mol. The molecule has 0 unspecified atom stereocenters. The van der Waals surface area contributed by atoms with Crippen molar-refractivity contribution in [2.24, 2.45) is 5.10 Å². The van der Waals surface area contributed by atoms with Gasteiger partial charge in [0.25, 0.3) is 0 Å². The van der Waals surface area contributed by atoms with Crippen molar-refractivity contribution in [1.82, 2.24) is 15.4 Å². The third kappa shape index (κ3) is 4.32. The molecule has 3 N–H and O–H groups in total. The lowest BCUT2D eigenvalue weighted by atomic mass is 10.4. The Balaban J connectivity index is 1.85. The number of rotatable bonds is 3. The minimum absolute atomic E-state index is 0.110. The van der Waals surface area contributed by atoms with E-state index in [2.05, 4.69) is 25.8 Å². The molecular weight excluding hydrogens is 262 g/mol. The molecule has 0 aliphatic rings. The van der Waals surface area contributed by atoms with Gasteiger partial charge in [0.05, 0.1) is 30.0 Å². The Morgan fingerprint density at radius 3 is 2.89 bits per heavy atom. The van der Waals surface area contributed by atoms with Crippen molar-refractivity contribution < 1.29 is 5.11 Å². The lowest BCUT2D eigenvalue weighted by Crippen LogP contribution is -2.23. The largest absolute Gasteiger partial charge is 0.506 e. The first-order valence-electron chi connectivity index (χ1n) is 5.39. The highest BCUT2D eigenvalue weighted by Crippen LogP contribution is 2.04. The third-order valence-electron chi connectivity index (χ3n) is 2.05. The molecule has 0 amide bonds. The highest BCUT2D eigenvalue weighted by molar-refractivity contribution is 7.80. The fraction of sp³-hybridized carbons (Fsp3) is 0. The van der Waals surface area contributed by atoms with Crippen LogP contribution in [0.1, 0.15) is 5.69 Å². The maximum absolute atomic E-state index is 9.08. The maximum Gasteiger partial charge on any atom is 0.191 e. The monoisotopic (exact) mass is 273 g/mol. The van der Waals surface area contributed by atoms with E-state index in [-0.39, 0.29) is 5.75 Å². The fourth-order valence-corrected chi connectivity index (χ4v) is 1.40. The molecule has 0 atom stereocenters. The quantitative estimate of drug-likeness (QED) is 0.446. The van der Waals surface area contributed by atoms with Crippen molar-refractivity contribution in [2.45, 2.75) is 0 Å². The predicted octanol–water partition coefficient (Wildman–Crippen LogP) is 1.50. The van der Waals surface area contributed by atoms with Crippen LogP contribution in [0.5, 0.6) is 5.75 Å². The number of hydrogen-bond acceptors (Lipinski definition) is 5. The van der Waals surface area contributed by atoms with E-state index in [0.29, 0.717) is 10.8 Å².